The number of fused-ring (bicyclic) bond motifs is 4. The molecule has 10 nitrogen and oxygen atoms in total. The lowest BCUT2D eigenvalue weighted by Crippen LogP contribution is -3.11. The number of nitrogens with two attached hydrogens (primary N) is 1. The number of benzene rings is 2. The van der Waals surface area contributed by atoms with Gasteiger partial charge in [0, 0.05) is 37.6 Å². The minimum Gasteiger partial charge on any atom is -0.504 e. The number of ether oxygens (including phenoxy) is 1. The molecule has 10 heteroatoms. The molecule has 2 aromatic carbocycles. The quantitative estimate of drug-likeness (QED) is 0.183. The molecular weight excluding hydrogens is 596 g/mol. The Kier molecular flexibility index (Phi) is 10.2. The van der Waals surface area contributed by atoms with E-state index >= 15 is 0 Å². The minimum absolute atomic E-state index is 0.000184. The van der Waals surface area contributed by atoms with Crippen molar-refractivity contribution in [2.24, 2.45) is 10.7 Å². The molecule has 0 amide bonds. The molecule has 4 aliphatic rings. The van der Waals surface area contributed by atoms with Crippen molar-refractivity contribution in [1.29, 1.82) is 0 Å². The molecule has 0 spiro atoms. The Hall–Kier alpha value is -3.82. The zero-order chi connectivity index (χ0) is 33.1. The molecule has 2 aromatic rings. The van der Waals surface area contributed by atoms with Crippen molar-refractivity contribution < 1.29 is 34.9 Å². The first kappa shape index (κ1) is 33.1. The van der Waals surface area contributed by atoms with E-state index in [9.17, 15) is 25.2 Å². The second kappa shape index (κ2) is 14.5. The zero-order valence-electron chi connectivity index (χ0n) is 26.8. The third-order valence-corrected chi connectivity index (χ3v) is 9.55. The highest BCUT2D eigenvalue weighted by Crippen LogP contribution is 2.34. The summed E-state index contributed by atoms with van der Waals surface area (Å²) < 4.78 is 6.43. The minimum atomic E-state index is -0.983. The lowest BCUT2D eigenvalue weighted by Gasteiger charge is -2.28. The second-order valence-corrected chi connectivity index (χ2v) is 13.0. The second-order valence-electron chi connectivity index (χ2n) is 13.0. The summed E-state index contributed by atoms with van der Waals surface area (Å²) in [7, 11) is 0. The topological polar surface area (TPSA) is 162 Å². The van der Waals surface area contributed by atoms with Gasteiger partial charge in [-0.05, 0) is 71.2 Å². The van der Waals surface area contributed by atoms with E-state index < -0.39 is 24.5 Å². The maximum atomic E-state index is 12.6. The summed E-state index contributed by atoms with van der Waals surface area (Å²) in [5.74, 6) is 6.39. The fraction of sp³-hybridized carbons (Fsp3) is 0.459. The number of nitrogens with one attached hydrogen (secondary N) is 2. The number of carbonyl (C=O) groups is 1. The first-order chi connectivity index (χ1) is 22.7. The van der Waals surface area contributed by atoms with Crippen molar-refractivity contribution in [3.63, 3.8) is 0 Å². The predicted octanol–water partition coefficient (Wildman–Crippen LogP) is 1.81. The van der Waals surface area contributed by atoms with Gasteiger partial charge < -0.3 is 30.9 Å². The van der Waals surface area contributed by atoms with Crippen LogP contribution in [-0.2, 0) is 24.1 Å². The van der Waals surface area contributed by atoms with Gasteiger partial charge in [-0.2, -0.15) is 0 Å². The van der Waals surface area contributed by atoms with Crippen LogP contribution in [-0.4, -0.2) is 63.9 Å². The number of aliphatic imine (C=N–C) groups is 1. The van der Waals surface area contributed by atoms with Crippen molar-refractivity contribution in [2.45, 2.75) is 95.4 Å². The number of nitrogens with zero attached hydrogens (tertiary/aromatic N) is 1. The molecule has 248 valence electrons. The lowest BCUT2D eigenvalue weighted by atomic mass is 9.85. The Bertz CT molecular complexity index is 1670. The van der Waals surface area contributed by atoms with Crippen molar-refractivity contribution in [2.75, 3.05) is 13.1 Å². The number of hydrogen-bond acceptors (Lipinski definition) is 9. The number of aromatic hydroxyl groups is 1. The summed E-state index contributed by atoms with van der Waals surface area (Å²) in [6, 6.07) is 8.99. The smallest absolute Gasteiger partial charge is 0.247 e. The van der Waals surface area contributed by atoms with Crippen LogP contribution in [0.1, 0.15) is 85.5 Å². The number of rotatable bonds is 11. The highest BCUT2D eigenvalue weighted by molar-refractivity contribution is 5.87. The van der Waals surface area contributed by atoms with Gasteiger partial charge >= 0.3 is 0 Å². The van der Waals surface area contributed by atoms with Crippen LogP contribution in [0.3, 0.4) is 0 Å². The largest absolute Gasteiger partial charge is 0.504 e. The molecule has 0 aliphatic carbocycles. The van der Waals surface area contributed by atoms with Crippen LogP contribution in [0, 0.1) is 11.8 Å². The number of aliphatic hydroxyl groups is 3. The molecule has 8 N–H and O–H groups in total. The lowest BCUT2D eigenvalue weighted by molar-refractivity contribution is -0.885. The van der Waals surface area contributed by atoms with E-state index in [-0.39, 0.29) is 37.0 Å². The number of allylic oxidation sites excluding steroid dienone is 1. The van der Waals surface area contributed by atoms with E-state index in [0.29, 0.717) is 38.0 Å². The molecule has 6 atom stereocenters. The molecule has 0 radical (unpaired) electrons. The molecule has 0 saturated carbocycles. The molecule has 47 heavy (non-hydrogen) atoms. The summed E-state index contributed by atoms with van der Waals surface area (Å²) in [4.78, 5) is 18.3. The maximum Gasteiger partial charge on any atom is 0.247 e. The van der Waals surface area contributed by atoms with E-state index in [0.717, 1.165) is 63.4 Å². The number of quaternary nitrogens is 1. The maximum absolute atomic E-state index is 12.6. The Labute approximate surface area is 275 Å². The van der Waals surface area contributed by atoms with Crippen LogP contribution in [0.25, 0.3) is 0 Å². The molecule has 4 heterocycles. The highest BCUT2D eigenvalue weighted by Gasteiger charge is 2.36. The van der Waals surface area contributed by atoms with Gasteiger partial charge in [-0.25, -0.2) is 0 Å². The molecule has 2 bridgehead atoms. The number of aliphatic hydroxyl groups excluding tert-OH is 3. The molecule has 4 aliphatic heterocycles. The van der Waals surface area contributed by atoms with Crippen molar-refractivity contribution in [3.8, 4) is 23.3 Å². The summed E-state index contributed by atoms with van der Waals surface area (Å²) in [5.41, 5.74) is 14.4. The first-order valence-corrected chi connectivity index (χ1v) is 16.7. The van der Waals surface area contributed by atoms with Gasteiger partial charge in [-0.3, -0.25) is 20.0 Å². The Balaban J connectivity index is 1.20. The SMILES string of the molecule is CCCC(O)CC(O)CC(=O)CCc1ccc(O)c(OC2CC#CC(O)c3ccc4c(c3CC3=C5C[NH+]2C=C5N=C3)CCNC4N)c1. The highest BCUT2D eigenvalue weighted by atomic mass is 16.5. The standard InChI is InChI=1S/C37H44N4O6/c1-2-4-24(42)17-26(44)18-25(43)9-7-22-8-12-34(46)35(15-22)47-36-6-3-5-33(45)28-10-11-29-27(13-14-39-37(29)38)30(28)16-23-19-40-32-21-41(36)20-31(23)32/h8,10-12,15,19,21,24,26,33,36-37,39,42,44-46H,2,4,6-7,9,13-14,16-18,20,38H2,1H3/p+1. The molecule has 6 rings (SSSR count). The van der Waals surface area contributed by atoms with E-state index in [2.05, 4.69) is 17.2 Å². The number of ketones is 1. The van der Waals surface area contributed by atoms with Gasteiger partial charge in [0.05, 0.1) is 18.4 Å². The van der Waals surface area contributed by atoms with Crippen molar-refractivity contribution >= 4 is 12.0 Å². The van der Waals surface area contributed by atoms with Crippen LogP contribution in [0.15, 0.2) is 58.4 Å². The predicted molar refractivity (Wildman–Crippen MR) is 178 cm³/mol. The summed E-state index contributed by atoms with van der Waals surface area (Å²) in [6.45, 7) is 3.38. The molecule has 0 aromatic heterocycles. The van der Waals surface area contributed by atoms with Crippen LogP contribution < -0.4 is 20.7 Å². The average Bonchev–Trinajstić information content (AvgIpc) is 3.62. The summed E-state index contributed by atoms with van der Waals surface area (Å²) in [5, 5.41) is 45.5. The third kappa shape index (κ3) is 7.52. The number of carbonyl (C=O) groups excluding carboxylic acids is 1. The van der Waals surface area contributed by atoms with Gasteiger partial charge in [0.2, 0.25) is 6.23 Å². The van der Waals surface area contributed by atoms with Gasteiger partial charge in [0.25, 0.3) is 0 Å². The number of Topliss-reactive ketones (excluding diaryl/α,β-unsaturated/α-hetero) is 1. The Morgan fingerprint density at radius 2 is 2.02 bits per heavy atom. The van der Waals surface area contributed by atoms with Gasteiger partial charge in [0.1, 0.15) is 36.7 Å². The van der Waals surface area contributed by atoms with E-state index in [1.807, 2.05) is 31.5 Å². The fourth-order valence-electron chi connectivity index (χ4n) is 7.05. The van der Waals surface area contributed by atoms with Crippen molar-refractivity contribution in [3.05, 3.63) is 81.2 Å². The Morgan fingerprint density at radius 1 is 1.19 bits per heavy atom. The monoisotopic (exact) mass is 641 g/mol. The van der Waals surface area contributed by atoms with E-state index in [4.69, 9.17) is 15.5 Å². The van der Waals surface area contributed by atoms with Crippen molar-refractivity contribution in [1.82, 2.24) is 5.32 Å². The zero-order valence-corrected chi connectivity index (χ0v) is 26.8. The molecule has 0 saturated heterocycles. The molecular formula is C37H45N4O6+. The van der Waals surface area contributed by atoms with Gasteiger partial charge in [-0.15, -0.1) is 0 Å². The van der Waals surface area contributed by atoms with Crippen LogP contribution in [0.4, 0.5) is 0 Å². The van der Waals surface area contributed by atoms with E-state index in [1.165, 1.54) is 5.56 Å². The normalized spacial score (nSPS) is 24.2. The number of phenols is 1. The van der Waals surface area contributed by atoms with Crippen LogP contribution in [0.5, 0.6) is 11.5 Å². The van der Waals surface area contributed by atoms with E-state index in [1.54, 1.807) is 18.2 Å². The average molecular weight is 642 g/mol. The Morgan fingerprint density at radius 3 is 2.85 bits per heavy atom. The molecule has 6 unspecified atom stereocenters. The number of hydrogen-bond donors (Lipinski definition) is 7. The third-order valence-electron chi connectivity index (χ3n) is 9.55. The van der Waals surface area contributed by atoms with Gasteiger partial charge in [0.15, 0.2) is 11.5 Å². The van der Waals surface area contributed by atoms with Gasteiger partial charge in [-0.1, -0.05) is 43.4 Å². The summed E-state index contributed by atoms with van der Waals surface area (Å²) >= 11 is 0. The molecule has 0 fully saturated rings. The summed E-state index contributed by atoms with van der Waals surface area (Å²) in [6.07, 6.45) is 4.76. The number of phenolic OH excluding ortho intramolecular Hbond substituents is 1. The first-order valence-electron chi connectivity index (χ1n) is 16.7. The number of aryl methyl sites for hydroxylation is 1. The van der Waals surface area contributed by atoms with Crippen LogP contribution >= 0.6 is 0 Å². The fourth-order valence-corrected chi connectivity index (χ4v) is 7.05. The van der Waals surface area contributed by atoms with Crippen LogP contribution in [0.2, 0.25) is 0 Å².